The summed E-state index contributed by atoms with van der Waals surface area (Å²) in [4.78, 5) is 11.8. The molecule has 1 saturated carbocycles. The molecular formula is C13H13BrIN3S. The van der Waals surface area contributed by atoms with Gasteiger partial charge in [0.15, 0.2) is 5.82 Å². The lowest BCUT2D eigenvalue weighted by atomic mass is 10.2. The van der Waals surface area contributed by atoms with Gasteiger partial charge >= 0.3 is 0 Å². The molecule has 0 aliphatic heterocycles. The molecule has 2 aromatic heterocycles. The molecule has 19 heavy (non-hydrogen) atoms. The second kappa shape index (κ2) is 5.29. The lowest BCUT2D eigenvalue weighted by Gasteiger charge is -2.09. The average molecular weight is 450 g/mol. The molecule has 3 nitrogen and oxygen atoms in total. The number of nitrogens with zero attached hydrogens (tertiary/aromatic N) is 2. The highest BCUT2D eigenvalue weighted by Gasteiger charge is 2.29. The highest BCUT2D eigenvalue weighted by Crippen LogP contribution is 2.43. The van der Waals surface area contributed by atoms with Crippen LogP contribution in [0.4, 0.5) is 5.82 Å². The van der Waals surface area contributed by atoms with Gasteiger partial charge in [0.2, 0.25) is 0 Å². The van der Waals surface area contributed by atoms with E-state index in [0.717, 1.165) is 21.0 Å². The van der Waals surface area contributed by atoms with Crippen LogP contribution >= 0.6 is 49.9 Å². The SMILES string of the molecule is CNc1nc(-c2cc(Br)c(C)s2)nc(C2CC2)c1I. The summed E-state index contributed by atoms with van der Waals surface area (Å²) in [6.45, 7) is 2.10. The quantitative estimate of drug-likeness (QED) is 0.684. The number of nitrogens with one attached hydrogen (secondary N) is 1. The molecule has 0 unspecified atom stereocenters. The van der Waals surface area contributed by atoms with Gasteiger partial charge < -0.3 is 5.32 Å². The van der Waals surface area contributed by atoms with Crippen LogP contribution in [0.1, 0.15) is 29.3 Å². The Labute approximate surface area is 138 Å². The summed E-state index contributed by atoms with van der Waals surface area (Å²) in [5.74, 6) is 2.41. The Kier molecular flexibility index (Phi) is 3.83. The van der Waals surface area contributed by atoms with Crippen LogP contribution in [-0.2, 0) is 0 Å². The van der Waals surface area contributed by atoms with E-state index in [1.54, 1.807) is 11.3 Å². The smallest absolute Gasteiger partial charge is 0.171 e. The molecule has 2 heterocycles. The van der Waals surface area contributed by atoms with E-state index >= 15 is 0 Å². The molecule has 0 radical (unpaired) electrons. The van der Waals surface area contributed by atoms with E-state index in [4.69, 9.17) is 4.98 Å². The first kappa shape index (κ1) is 13.8. The fourth-order valence-electron chi connectivity index (χ4n) is 1.94. The van der Waals surface area contributed by atoms with Crippen molar-refractivity contribution in [1.82, 2.24) is 9.97 Å². The summed E-state index contributed by atoms with van der Waals surface area (Å²) < 4.78 is 2.30. The van der Waals surface area contributed by atoms with Gasteiger partial charge in [0.05, 0.1) is 14.1 Å². The van der Waals surface area contributed by atoms with Crippen LogP contribution in [0.5, 0.6) is 0 Å². The Hall–Kier alpha value is -0.210. The minimum absolute atomic E-state index is 0.630. The zero-order chi connectivity index (χ0) is 13.6. The Balaban J connectivity index is 2.12. The van der Waals surface area contributed by atoms with E-state index in [0.29, 0.717) is 5.92 Å². The Morgan fingerprint density at radius 2 is 2.16 bits per heavy atom. The number of rotatable bonds is 3. The Bertz CT molecular complexity index is 618. The number of hydrogen-bond donors (Lipinski definition) is 1. The molecule has 1 fully saturated rings. The van der Waals surface area contributed by atoms with Crippen molar-refractivity contribution in [3.63, 3.8) is 0 Å². The van der Waals surface area contributed by atoms with Crippen molar-refractivity contribution in [3.8, 4) is 10.7 Å². The predicted octanol–water partition coefficient (Wildman–Crippen LogP) is 4.80. The summed E-state index contributed by atoms with van der Waals surface area (Å²) in [5, 5.41) is 3.18. The van der Waals surface area contributed by atoms with Gasteiger partial charge in [-0.15, -0.1) is 11.3 Å². The molecule has 0 aromatic carbocycles. The normalized spacial score (nSPS) is 14.7. The van der Waals surface area contributed by atoms with Crippen molar-refractivity contribution < 1.29 is 0 Å². The van der Waals surface area contributed by atoms with E-state index in [1.807, 2.05) is 7.05 Å². The summed E-state index contributed by atoms with van der Waals surface area (Å²) in [6, 6.07) is 2.11. The van der Waals surface area contributed by atoms with Gasteiger partial charge in [0.1, 0.15) is 5.82 Å². The van der Waals surface area contributed by atoms with Crippen LogP contribution in [-0.4, -0.2) is 17.0 Å². The summed E-state index contributed by atoms with van der Waals surface area (Å²) in [5.41, 5.74) is 1.21. The van der Waals surface area contributed by atoms with Crippen molar-refractivity contribution in [3.05, 3.63) is 24.7 Å². The van der Waals surface area contributed by atoms with Gasteiger partial charge in [-0.2, -0.15) is 0 Å². The van der Waals surface area contributed by atoms with Gasteiger partial charge in [-0.05, 0) is 64.4 Å². The average Bonchev–Trinajstić information content (AvgIpc) is 3.17. The molecule has 0 bridgehead atoms. The van der Waals surface area contributed by atoms with E-state index in [9.17, 15) is 0 Å². The van der Waals surface area contributed by atoms with E-state index < -0.39 is 0 Å². The first-order valence-corrected chi connectivity index (χ1v) is 8.80. The van der Waals surface area contributed by atoms with Crippen molar-refractivity contribution >= 4 is 55.7 Å². The molecule has 1 aliphatic carbocycles. The van der Waals surface area contributed by atoms with Gasteiger partial charge in [0.25, 0.3) is 0 Å². The second-order valence-corrected chi connectivity index (χ2v) is 7.82. The Morgan fingerprint density at radius 1 is 1.42 bits per heavy atom. The zero-order valence-corrected chi connectivity index (χ0v) is 15.2. The maximum atomic E-state index is 4.80. The number of hydrogen-bond acceptors (Lipinski definition) is 4. The summed E-state index contributed by atoms with van der Waals surface area (Å²) >= 11 is 7.64. The standard InChI is InChI=1S/C13H13BrIN3S/c1-6-8(14)5-9(19-6)12-17-11(7-3-4-7)10(15)13(16-2)18-12/h5,7H,3-4H2,1-2H3,(H,16,17,18). The van der Waals surface area contributed by atoms with E-state index in [2.05, 4.69) is 61.8 Å². The van der Waals surface area contributed by atoms with Crippen LogP contribution in [0.25, 0.3) is 10.7 Å². The first-order chi connectivity index (χ1) is 9.10. The Morgan fingerprint density at radius 3 is 2.68 bits per heavy atom. The van der Waals surface area contributed by atoms with Crippen molar-refractivity contribution in [1.29, 1.82) is 0 Å². The van der Waals surface area contributed by atoms with Gasteiger partial charge in [-0.1, -0.05) is 0 Å². The molecule has 100 valence electrons. The lowest BCUT2D eigenvalue weighted by Crippen LogP contribution is -2.04. The number of anilines is 1. The number of halogens is 2. The van der Waals surface area contributed by atoms with Crippen molar-refractivity contribution in [2.24, 2.45) is 0 Å². The maximum Gasteiger partial charge on any atom is 0.171 e. The van der Waals surface area contributed by atoms with Crippen LogP contribution in [0.2, 0.25) is 0 Å². The third-order valence-electron chi connectivity index (χ3n) is 3.16. The molecule has 1 N–H and O–H groups in total. The molecule has 0 saturated heterocycles. The van der Waals surface area contributed by atoms with Crippen LogP contribution in [0.3, 0.4) is 0 Å². The van der Waals surface area contributed by atoms with Crippen molar-refractivity contribution in [2.75, 3.05) is 12.4 Å². The molecule has 2 aromatic rings. The summed E-state index contributed by atoms with van der Waals surface area (Å²) in [7, 11) is 1.92. The van der Waals surface area contributed by atoms with Gasteiger partial charge in [-0.3, -0.25) is 0 Å². The van der Waals surface area contributed by atoms with Crippen LogP contribution in [0, 0.1) is 10.5 Å². The third-order valence-corrected chi connectivity index (χ3v) is 6.35. The predicted molar refractivity (Wildman–Crippen MR) is 92.0 cm³/mol. The largest absolute Gasteiger partial charge is 0.372 e. The minimum Gasteiger partial charge on any atom is -0.372 e. The number of aryl methyl sites for hydroxylation is 1. The molecule has 0 atom stereocenters. The van der Waals surface area contributed by atoms with Gasteiger partial charge in [-0.25, -0.2) is 9.97 Å². The monoisotopic (exact) mass is 449 g/mol. The van der Waals surface area contributed by atoms with Crippen molar-refractivity contribution in [2.45, 2.75) is 25.7 Å². The molecule has 6 heteroatoms. The molecule has 3 rings (SSSR count). The minimum atomic E-state index is 0.630. The molecular weight excluding hydrogens is 437 g/mol. The number of thiophene rings is 1. The topological polar surface area (TPSA) is 37.8 Å². The number of aromatic nitrogens is 2. The molecule has 0 spiro atoms. The first-order valence-electron chi connectivity index (χ1n) is 6.11. The fourth-order valence-corrected chi connectivity index (χ4v) is 4.36. The zero-order valence-electron chi connectivity index (χ0n) is 10.6. The summed E-state index contributed by atoms with van der Waals surface area (Å²) in [6.07, 6.45) is 2.51. The van der Waals surface area contributed by atoms with Crippen LogP contribution in [0.15, 0.2) is 10.5 Å². The van der Waals surface area contributed by atoms with Crippen LogP contribution < -0.4 is 5.32 Å². The second-order valence-electron chi connectivity index (χ2n) is 4.63. The van der Waals surface area contributed by atoms with E-state index in [1.165, 1.54) is 27.0 Å². The maximum absolute atomic E-state index is 4.80. The highest BCUT2D eigenvalue weighted by molar-refractivity contribution is 14.1. The molecule has 1 aliphatic rings. The lowest BCUT2D eigenvalue weighted by molar-refractivity contribution is 0.981. The fraction of sp³-hybridized carbons (Fsp3) is 0.385. The van der Waals surface area contributed by atoms with E-state index in [-0.39, 0.29) is 0 Å². The molecule has 0 amide bonds. The third kappa shape index (κ3) is 2.67. The highest BCUT2D eigenvalue weighted by atomic mass is 127. The van der Waals surface area contributed by atoms with Gasteiger partial charge in [0, 0.05) is 22.3 Å².